The van der Waals surface area contributed by atoms with Crippen molar-refractivity contribution >= 4 is 34.6 Å². The highest BCUT2D eigenvalue weighted by Crippen LogP contribution is 2.64. The average molecular weight is 402 g/mol. The van der Waals surface area contributed by atoms with Crippen molar-refractivity contribution in [3.63, 3.8) is 0 Å². The summed E-state index contributed by atoms with van der Waals surface area (Å²) in [5.74, 6) is 0.288. The molecule has 1 amide bonds. The number of hydrogen-bond donors (Lipinski definition) is 2. The molecule has 1 saturated carbocycles. The maximum absolute atomic E-state index is 12.8. The molecule has 0 saturated heterocycles. The number of H-pyrrole nitrogens is 1. The van der Waals surface area contributed by atoms with E-state index in [9.17, 15) is 4.79 Å². The van der Waals surface area contributed by atoms with Crippen LogP contribution in [0.2, 0.25) is 0 Å². The Bertz CT molecular complexity index is 1420. The summed E-state index contributed by atoms with van der Waals surface area (Å²) in [4.78, 5) is 12.8. The maximum atomic E-state index is 12.8. The number of aromatic amines is 1. The Hall–Kier alpha value is -4.17. The molecule has 2 atom stereocenters. The molecular formula is C26H18N4O. The summed E-state index contributed by atoms with van der Waals surface area (Å²) >= 11 is 0. The third kappa shape index (κ3) is 2.62. The number of para-hydroxylation sites is 1. The summed E-state index contributed by atoms with van der Waals surface area (Å²) < 4.78 is 0. The Morgan fingerprint density at radius 3 is 2.74 bits per heavy atom. The van der Waals surface area contributed by atoms with Gasteiger partial charge in [-0.1, -0.05) is 48.5 Å². The molecule has 148 valence electrons. The molecule has 1 aromatic heterocycles. The van der Waals surface area contributed by atoms with Gasteiger partial charge in [-0.05, 0) is 53.5 Å². The third-order valence-corrected chi connectivity index (χ3v) is 6.51. The molecule has 1 spiro atoms. The van der Waals surface area contributed by atoms with Crippen LogP contribution in [0.15, 0.2) is 66.7 Å². The fraction of sp³-hybridized carbons (Fsp3) is 0.115. The van der Waals surface area contributed by atoms with E-state index >= 15 is 0 Å². The Morgan fingerprint density at radius 2 is 1.90 bits per heavy atom. The molecule has 0 bridgehead atoms. The second-order valence-corrected chi connectivity index (χ2v) is 8.21. The number of amides is 1. The molecule has 6 rings (SSSR count). The number of anilines is 1. The number of nitrogens with zero attached hydrogens (tertiary/aromatic N) is 2. The number of nitriles is 1. The predicted molar refractivity (Wildman–Crippen MR) is 120 cm³/mol. The van der Waals surface area contributed by atoms with Gasteiger partial charge < -0.3 is 5.32 Å². The second kappa shape index (κ2) is 6.41. The summed E-state index contributed by atoms with van der Waals surface area (Å²) in [6.07, 6.45) is 4.79. The van der Waals surface area contributed by atoms with Crippen LogP contribution < -0.4 is 5.32 Å². The van der Waals surface area contributed by atoms with Crippen LogP contribution in [0.5, 0.6) is 0 Å². The van der Waals surface area contributed by atoms with Gasteiger partial charge in [0.15, 0.2) is 0 Å². The first-order valence-corrected chi connectivity index (χ1v) is 10.3. The number of carbonyl (C=O) groups excluding carboxylic acids is 1. The van der Waals surface area contributed by atoms with Crippen LogP contribution in [0.4, 0.5) is 5.69 Å². The van der Waals surface area contributed by atoms with Crippen LogP contribution in [0.1, 0.15) is 40.3 Å². The molecule has 2 N–H and O–H groups in total. The van der Waals surface area contributed by atoms with E-state index in [0.717, 1.165) is 45.4 Å². The molecule has 2 heterocycles. The second-order valence-electron chi connectivity index (χ2n) is 8.21. The van der Waals surface area contributed by atoms with E-state index in [4.69, 9.17) is 5.26 Å². The zero-order valence-electron chi connectivity index (χ0n) is 16.6. The Kier molecular flexibility index (Phi) is 3.66. The van der Waals surface area contributed by atoms with Crippen molar-refractivity contribution in [2.24, 2.45) is 0 Å². The molecule has 1 aliphatic heterocycles. The first-order chi connectivity index (χ1) is 15.2. The monoisotopic (exact) mass is 402 g/mol. The van der Waals surface area contributed by atoms with Crippen LogP contribution in [0.3, 0.4) is 0 Å². The number of carbonyl (C=O) groups is 1. The molecule has 4 aromatic rings. The van der Waals surface area contributed by atoms with Gasteiger partial charge in [-0.25, -0.2) is 0 Å². The van der Waals surface area contributed by atoms with Crippen LogP contribution in [0, 0.1) is 11.3 Å². The zero-order valence-corrected chi connectivity index (χ0v) is 16.6. The summed E-state index contributed by atoms with van der Waals surface area (Å²) in [7, 11) is 0. The van der Waals surface area contributed by atoms with Crippen molar-refractivity contribution < 1.29 is 4.79 Å². The third-order valence-electron chi connectivity index (χ3n) is 6.51. The minimum Gasteiger partial charge on any atom is -0.325 e. The lowest BCUT2D eigenvalue weighted by molar-refractivity contribution is -0.118. The Morgan fingerprint density at radius 1 is 1.06 bits per heavy atom. The quantitative estimate of drug-likeness (QED) is 0.507. The van der Waals surface area contributed by atoms with Gasteiger partial charge in [0.2, 0.25) is 5.91 Å². The number of aromatic nitrogens is 2. The summed E-state index contributed by atoms with van der Waals surface area (Å²) in [6.45, 7) is 0. The van der Waals surface area contributed by atoms with E-state index in [1.807, 2.05) is 42.5 Å². The van der Waals surface area contributed by atoms with Gasteiger partial charge in [-0.2, -0.15) is 10.4 Å². The van der Waals surface area contributed by atoms with Crippen molar-refractivity contribution in [2.45, 2.75) is 17.8 Å². The Labute approximate surface area is 179 Å². The maximum Gasteiger partial charge on any atom is 0.235 e. The highest BCUT2D eigenvalue weighted by atomic mass is 16.2. The number of nitrogens with one attached hydrogen (secondary N) is 2. The van der Waals surface area contributed by atoms with Crippen LogP contribution >= 0.6 is 0 Å². The van der Waals surface area contributed by atoms with Crippen molar-refractivity contribution in [2.75, 3.05) is 5.32 Å². The molecule has 31 heavy (non-hydrogen) atoms. The summed E-state index contributed by atoms with van der Waals surface area (Å²) in [5.41, 5.74) is 6.26. The lowest BCUT2D eigenvalue weighted by Gasteiger charge is -2.08. The number of fused-ring (bicyclic) bond motifs is 3. The average Bonchev–Trinajstić information content (AvgIpc) is 3.34. The normalized spacial score (nSPS) is 21.4. The van der Waals surface area contributed by atoms with Gasteiger partial charge in [0.25, 0.3) is 0 Å². The minimum absolute atomic E-state index is 0.106. The number of rotatable bonds is 3. The van der Waals surface area contributed by atoms with Crippen molar-refractivity contribution in [3.8, 4) is 6.07 Å². The van der Waals surface area contributed by atoms with E-state index < -0.39 is 5.41 Å². The largest absolute Gasteiger partial charge is 0.325 e. The molecule has 1 fully saturated rings. The first kappa shape index (κ1) is 17.7. The van der Waals surface area contributed by atoms with E-state index in [0.29, 0.717) is 5.56 Å². The highest BCUT2D eigenvalue weighted by molar-refractivity contribution is 6.09. The topological polar surface area (TPSA) is 81.6 Å². The van der Waals surface area contributed by atoms with E-state index in [1.165, 1.54) is 0 Å². The zero-order chi connectivity index (χ0) is 21.0. The lowest BCUT2D eigenvalue weighted by Crippen LogP contribution is -2.20. The molecule has 5 heteroatoms. The molecule has 5 nitrogen and oxygen atoms in total. The van der Waals surface area contributed by atoms with Gasteiger partial charge in [-0.3, -0.25) is 9.89 Å². The van der Waals surface area contributed by atoms with E-state index in [1.54, 1.807) is 12.1 Å². The first-order valence-electron chi connectivity index (χ1n) is 10.3. The molecule has 2 aliphatic rings. The van der Waals surface area contributed by atoms with Gasteiger partial charge in [0.1, 0.15) is 0 Å². The molecule has 0 radical (unpaired) electrons. The van der Waals surface area contributed by atoms with Crippen molar-refractivity contribution in [1.82, 2.24) is 10.2 Å². The summed E-state index contributed by atoms with van der Waals surface area (Å²) in [6, 6.07) is 23.9. The van der Waals surface area contributed by atoms with Crippen molar-refractivity contribution in [3.05, 3.63) is 94.7 Å². The van der Waals surface area contributed by atoms with Gasteiger partial charge in [-0.15, -0.1) is 0 Å². The Balaban J connectivity index is 1.29. The number of benzene rings is 3. The number of hydrogen-bond acceptors (Lipinski definition) is 3. The minimum atomic E-state index is -0.428. The fourth-order valence-electron chi connectivity index (χ4n) is 4.80. The van der Waals surface area contributed by atoms with Gasteiger partial charge in [0.05, 0.1) is 28.3 Å². The van der Waals surface area contributed by atoms with Crippen molar-refractivity contribution in [1.29, 1.82) is 5.26 Å². The fourth-order valence-corrected chi connectivity index (χ4v) is 4.80. The highest BCUT2D eigenvalue weighted by Gasteiger charge is 2.65. The molecular weight excluding hydrogens is 384 g/mol. The predicted octanol–water partition coefficient (Wildman–Crippen LogP) is 4.98. The van der Waals surface area contributed by atoms with E-state index in [2.05, 4.69) is 45.8 Å². The standard InChI is InChI=1S/C26H18N4O/c27-15-17-7-5-16(6-8-17)9-12-22-19-11-10-18(13-24(19)30-29-22)21-14-26(21)20-3-1-2-4-23(20)28-25(26)31/h1-13,21H,14H2,(H,28,31)(H,29,30)/b12-9+. The summed E-state index contributed by atoms with van der Waals surface area (Å²) in [5, 5.41) is 20.6. The van der Waals surface area contributed by atoms with Gasteiger partial charge in [0, 0.05) is 17.0 Å². The molecule has 3 aromatic carbocycles. The molecule has 2 unspecified atom stereocenters. The smallest absolute Gasteiger partial charge is 0.235 e. The van der Waals surface area contributed by atoms with E-state index in [-0.39, 0.29) is 11.8 Å². The molecule has 1 aliphatic carbocycles. The van der Waals surface area contributed by atoms with Gasteiger partial charge >= 0.3 is 0 Å². The lowest BCUT2D eigenvalue weighted by atomic mass is 9.92. The SMILES string of the molecule is N#Cc1ccc(/C=C/c2n[nH]c3cc(C4CC45C(=O)Nc4ccccc45)ccc23)cc1. The van der Waals surface area contributed by atoms with Crippen LogP contribution in [0.25, 0.3) is 23.1 Å². The van der Waals surface area contributed by atoms with Crippen LogP contribution in [-0.4, -0.2) is 16.1 Å². The van der Waals surface area contributed by atoms with Crippen LogP contribution in [-0.2, 0) is 10.2 Å².